The second kappa shape index (κ2) is 5.91. The summed E-state index contributed by atoms with van der Waals surface area (Å²) in [5, 5.41) is 8.74. The summed E-state index contributed by atoms with van der Waals surface area (Å²) in [5.74, 6) is 0.374. The van der Waals surface area contributed by atoms with Gasteiger partial charge in [0.05, 0.1) is 14.2 Å². The number of carboxylic acid groups (broad SMARTS) is 1. The van der Waals surface area contributed by atoms with Gasteiger partial charge in [-0.3, -0.25) is 4.79 Å². The van der Waals surface area contributed by atoms with Gasteiger partial charge in [-0.05, 0) is 25.0 Å². The summed E-state index contributed by atoms with van der Waals surface area (Å²) in [5.41, 5.74) is 1.81. The zero-order valence-corrected chi connectivity index (χ0v) is 11.6. The highest BCUT2D eigenvalue weighted by atomic mass is 79.9. The van der Waals surface area contributed by atoms with Gasteiger partial charge >= 0.3 is 5.97 Å². The number of benzene rings is 1. The Bertz CT molecular complexity index is 429. The summed E-state index contributed by atoms with van der Waals surface area (Å²) in [6.07, 6.45) is 0.457. The summed E-state index contributed by atoms with van der Waals surface area (Å²) in [6, 6.07) is 1.85. The molecule has 0 fully saturated rings. The van der Waals surface area contributed by atoms with Crippen LogP contribution in [0.4, 0.5) is 0 Å². The fraction of sp³-hybridized carbons (Fsp3) is 0.417. The number of aliphatic carboxylic acids is 1. The highest BCUT2D eigenvalue weighted by Gasteiger charge is 2.16. The molecule has 0 saturated heterocycles. The number of rotatable bonds is 5. The van der Waals surface area contributed by atoms with Crippen LogP contribution >= 0.6 is 15.9 Å². The minimum absolute atomic E-state index is 0.0571. The van der Waals surface area contributed by atoms with Crippen LogP contribution in [0.25, 0.3) is 0 Å². The lowest BCUT2D eigenvalue weighted by Crippen LogP contribution is -2.03. The van der Waals surface area contributed by atoms with Crippen molar-refractivity contribution in [2.45, 2.75) is 19.8 Å². The Balaban J connectivity index is 3.22. The first kappa shape index (κ1) is 13.8. The van der Waals surface area contributed by atoms with Gasteiger partial charge in [0.15, 0.2) is 11.5 Å². The maximum Gasteiger partial charge on any atom is 0.303 e. The van der Waals surface area contributed by atoms with Crippen molar-refractivity contribution in [1.82, 2.24) is 0 Å². The molecule has 0 aliphatic carbocycles. The van der Waals surface area contributed by atoms with E-state index in [0.717, 1.165) is 15.6 Å². The zero-order chi connectivity index (χ0) is 13.0. The van der Waals surface area contributed by atoms with E-state index in [9.17, 15) is 4.79 Å². The number of methoxy groups -OCH3 is 2. The Morgan fingerprint density at radius 2 is 2.06 bits per heavy atom. The lowest BCUT2D eigenvalue weighted by atomic mass is 10.0. The number of aryl methyl sites for hydroxylation is 1. The first-order valence-corrected chi connectivity index (χ1v) is 5.92. The van der Waals surface area contributed by atoms with Crippen LogP contribution in [0.15, 0.2) is 10.5 Å². The van der Waals surface area contributed by atoms with Gasteiger partial charge in [-0.25, -0.2) is 0 Å². The molecule has 0 radical (unpaired) electrons. The third kappa shape index (κ3) is 3.12. The van der Waals surface area contributed by atoms with Crippen molar-refractivity contribution in [2.75, 3.05) is 14.2 Å². The van der Waals surface area contributed by atoms with E-state index in [0.29, 0.717) is 17.9 Å². The van der Waals surface area contributed by atoms with Crippen molar-refractivity contribution in [2.24, 2.45) is 0 Å². The highest BCUT2D eigenvalue weighted by molar-refractivity contribution is 9.10. The van der Waals surface area contributed by atoms with Crippen LogP contribution in [0.2, 0.25) is 0 Å². The molecule has 0 bridgehead atoms. The molecule has 4 nitrogen and oxygen atoms in total. The highest BCUT2D eigenvalue weighted by Crippen LogP contribution is 2.39. The average molecular weight is 303 g/mol. The molecule has 0 amide bonds. The Hall–Kier alpha value is -1.23. The zero-order valence-electron chi connectivity index (χ0n) is 10.0. The molecule has 0 atom stereocenters. The van der Waals surface area contributed by atoms with Crippen molar-refractivity contribution in [3.05, 3.63) is 21.7 Å². The van der Waals surface area contributed by atoms with E-state index >= 15 is 0 Å². The lowest BCUT2D eigenvalue weighted by molar-refractivity contribution is -0.136. The van der Waals surface area contributed by atoms with Crippen molar-refractivity contribution < 1.29 is 19.4 Å². The molecule has 0 aliphatic rings. The predicted molar refractivity (Wildman–Crippen MR) is 67.9 cm³/mol. The van der Waals surface area contributed by atoms with Gasteiger partial charge in [0, 0.05) is 16.5 Å². The molecule has 0 unspecified atom stereocenters. The molecule has 1 N–H and O–H groups in total. The Labute approximate surface area is 109 Å². The van der Waals surface area contributed by atoms with Crippen molar-refractivity contribution in [3.8, 4) is 11.5 Å². The summed E-state index contributed by atoms with van der Waals surface area (Å²) in [6.45, 7) is 1.93. The molecule has 0 spiro atoms. The number of halogens is 1. The van der Waals surface area contributed by atoms with Crippen LogP contribution in [0, 0.1) is 6.92 Å². The molecule has 1 aromatic rings. The molecule has 0 saturated carbocycles. The largest absolute Gasteiger partial charge is 0.493 e. The number of carboxylic acids is 1. The van der Waals surface area contributed by atoms with Gasteiger partial charge in [0.1, 0.15) is 0 Å². The molecular weight excluding hydrogens is 288 g/mol. The van der Waals surface area contributed by atoms with Crippen LogP contribution in [-0.2, 0) is 11.2 Å². The third-order valence-corrected chi connectivity index (χ3v) is 3.57. The molecule has 17 heavy (non-hydrogen) atoms. The topological polar surface area (TPSA) is 55.8 Å². The molecule has 5 heteroatoms. The van der Waals surface area contributed by atoms with Gasteiger partial charge < -0.3 is 14.6 Å². The number of carbonyl (C=O) groups is 1. The number of hydrogen-bond acceptors (Lipinski definition) is 3. The van der Waals surface area contributed by atoms with E-state index in [2.05, 4.69) is 15.9 Å². The molecular formula is C12H15BrO4. The summed E-state index contributed by atoms with van der Waals surface area (Å²) < 4.78 is 11.4. The molecule has 0 aromatic heterocycles. The van der Waals surface area contributed by atoms with Crippen molar-refractivity contribution in [3.63, 3.8) is 0 Å². The minimum Gasteiger partial charge on any atom is -0.493 e. The monoisotopic (exact) mass is 302 g/mol. The maximum absolute atomic E-state index is 10.6. The number of hydrogen-bond donors (Lipinski definition) is 1. The average Bonchev–Trinajstić information content (AvgIpc) is 2.29. The van der Waals surface area contributed by atoms with E-state index < -0.39 is 5.97 Å². The van der Waals surface area contributed by atoms with Gasteiger partial charge in [0.2, 0.25) is 0 Å². The van der Waals surface area contributed by atoms with Gasteiger partial charge in [-0.2, -0.15) is 0 Å². The minimum atomic E-state index is -0.834. The normalized spacial score (nSPS) is 10.1. The van der Waals surface area contributed by atoms with Crippen LogP contribution in [0.3, 0.4) is 0 Å². The van der Waals surface area contributed by atoms with Crippen molar-refractivity contribution >= 4 is 21.9 Å². The molecule has 1 aromatic carbocycles. The second-order valence-corrected chi connectivity index (χ2v) is 4.41. The quantitative estimate of drug-likeness (QED) is 0.909. The van der Waals surface area contributed by atoms with E-state index in [1.165, 1.54) is 0 Å². The SMILES string of the molecule is COc1cc(C)c(Br)c(CCC(=O)O)c1OC. The van der Waals surface area contributed by atoms with Crippen LogP contribution in [-0.4, -0.2) is 25.3 Å². The first-order valence-electron chi connectivity index (χ1n) is 5.13. The Morgan fingerprint density at radius 3 is 2.53 bits per heavy atom. The fourth-order valence-electron chi connectivity index (χ4n) is 1.64. The summed E-state index contributed by atoms with van der Waals surface area (Å²) in [4.78, 5) is 10.6. The standard InChI is InChI=1S/C12H15BrO4/c1-7-6-9(16-2)12(17-3)8(11(7)13)4-5-10(14)15/h6H,4-5H2,1-3H3,(H,14,15). The Kier molecular flexibility index (Phi) is 4.81. The lowest BCUT2D eigenvalue weighted by Gasteiger charge is -2.16. The molecule has 0 heterocycles. The Morgan fingerprint density at radius 1 is 1.41 bits per heavy atom. The molecule has 1 rings (SSSR count). The van der Waals surface area contributed by atoms with Crippen molar-refractivity contribution in [1.29, 1.82) is 0 Å². The van der Waals surface area contributed by atoms with Gasteiger partial charge in [-0.1, -0.05) is 15.9 Å². The second-order valence-electron chi connectivity index (χ2n) is 3.62. The maximum atomic E-state index is 10.6. The van der Waals surface area contributed by atoms with E-state index in [-0.39, 0.29) is 6.42 Å². The summed E-state index contributed by atoms with van der Waals surface area (Å²) >= 11 is 3.46. The van der Waals surface area contributed by atoms with Crippen LogP contribution < -0.4 is 9.47 Å². The molecule has 94 valence electrons. The number of ether oxygens (including phenoxy) is 2. The smallest absolute Gasteiger partial charge is 0.303 e. The summed E-state index contributed by atoms with van der Waals surface area (Å²) in [7, 11) is 3.11. The molecule has 0 aliphatic heterocycles. The van der Waals surface area contributed by atoms with Crippen LogP contribution in [0.1, 0.15) is 17.5 Å². The predicted octanol–water partition coefficient (Wildman–Crippen LogP) is 2.79. The van der Waals surface area contributed by atoms with Gasteiger partial charge in [-0.15, -0.1) is 0 Å². The van der Waals surface area contributed by atoms with E-state index in [1.54, 1.807) is 14.2 Å². The van der Waals surface area contributed by atoms with Gasteiger partial charge in [0.25, 0.3) is 0 Å². The van der Waals surface area contributed by atoms with Crippen LogP contribution in [0.5, 0.6) is 11.5 Å². The first-order chi connectivity index (χ1) is 8.01. The third-order valence-electron chi connectivity index (χ3n) is 2.47. The fourth-order valence-corrected chi connectivity index (χ4v) is 2.14. The van der Waals surface area contributed by atoms with E-state index in [1.807, 2.05) is 13.0 Å². The van der Waals surface area contributed by atoms with E-state index in [4.69, 9.17) is 14.6 Å².